The molecule has 0 aromatic heterocycles. The molecular weight excluding hydrogens is 227 g/mol. The zero-order chi connectivity index (χ0) is 12.4. The van der Waals surface area contributed by atoms with Gasteiger partial charge in [0.2, 0.25) is 5.91 Å². The van der Waals surface area contributed by atoms with Gasteiger partial charge in [0, 0.05) is 6.54 Å². The molecule has 5 nitrogen and oxygen atoms in total. The lowest BCUT2D eigenvalue weighted by Gasteiger charge is -2.30. The smallest absolute Gasteiger partial charge is 0.305 e. The first-order valence-electron chi connectivity index (χ1n) is 5.13. The van der Waals surface area contributed by atoms with E-state index >= 15 is 0 Å². The molecule has 90 valence electrons. The molecular formula is C11H11FN2O3. The van der Waals surface area contributed by atoms with Crippen LogP contribution < -0.4 is 10.2 Å². The Bertz CT molecular complexity index is 476. The fourth-order valence-corrected chi connectivity index (χ4v) is 1.77. The van der Waals surface area contributed by atoms with Gasteiger partial charge in [-0.2, -0.15) is 0 Å². The standard InChI is InChI=1S/C11H11FN2O3/c12-7-2-1-3-8-11(7)13-9(15)6-14(8)5-4-10(16)17/h1-3H,4-6H2,(H,13,15)(H,16,17). The summed E-state index contributed by atoms with van der Waals surface area (Å²) >= 11 is 0. The minimum absolute atomic E-state index is 0.0454. The molecule has 6 heteroatoms. The van der Waals surface area contributed by atoms with E-state index in [1.807, 2.05) is 0 Å². The number of anilines is 2. The van der Waals surface area contributed by atoms with E-state index in [0.29, 0.717) is 5.69 Å². The van der Waals surface area contributed by atoms with E-state index in [2.05, 4.69) is 5.32 Å². The molecule has 0 bridgehead atoms. The van der Waals surface area contributed by atoms with Crippen LogP contribution in [0.15, 0.2) is 18.2 Å². The van der Waals surface area contributed by atoms with Crippen molar-refractivity contribution >= 4 is 23.3 Å². The van der Waals surface area contributed by atoms with Crippen LogP contribution in [0.2, 0.25) is 0 Å². The van der Waals surface area contributed by atoms with Gasteiger partial charge in [-0.1, -0.05) is 6.07 Å². The van der Waals surface area contributed by atoms with E-state index < -0.39 is 11.8 Å². The van der Waals surface area contributed by atoms with Gasteiger partial charge in [-0.3, -0.25) is 9.59 Å². The summed E-state index contributed by atoms with van der Waals surface area (Å²) in [5, 5.41) is 11.1. The molecule has 1 heterocycles. The zero-order valence-corrected chi connectivity index (χ0v) is 8.94. The van der Waals surface area contributed by atoms with E-state index in [1.54, 1.807) is 11.0 Å². The molecule has 2 rings (SSSR count). The van der Waals surface area contributed by atoms with Crippen molar-refractivity contribution in [3.05, 3.63) is 24.0 Å². The van der Waals surface area contributed by atoms with Gasteiger partial charge < -0.3 is 15.3 Å². The van der Waals surface area contributed by atoms with Crippen LogP contribution in [0.4, 0.5) is 15.8 Å². The molecule has 2 N–H and O–H groups in total. The number of nitrogens with zero attached hydrogens (tertiary/aromatic N) is 1. The predicted molar refractivity (Wildman–Crippen MR) is 59.5 cm³/mol. The van der Waals surface area contributed by atoms with Gasteiger partial charge in [-0.25, -0.2) is 4.39 Å². The van der Waals surface area contributed by atoms with Crippen LogP contribution in [0.3, 0.4) is 0 Å². The van der Waals surface area contributed by atoms with Gasteiger partial charge >= 0.3 is 5.97 Å². The highest BCUT2D eigenvalue weighted by atomic mass is 19.1. The van der Waals surface area contributed by atoms with Crippen molar-refractivity contribution in [1.82, 2.24) is 0 Å². The lowest BCUT2D eigenvalue weighted by Crippen LogP contribution is -2.39. The monoisotopic (exact) mass is 238 g/mol. The second kappa shape index (κ2) is 4.40. The maximum Gasteiger partial charge on any atom is 0.305 e. The number of fused-ring (bicyclic) bond motifs is 1. The molecule has 1 aliphatic heterocycles. The molecule has 1 aliphatic rings. The molecule has 0 aliphatic carbocycles. The number of carbonyl (C=O) groups excluding carboxylic acids is 1. The Labute approximate surface area is 96.8 Å². The van der Waals surface area contributed by atoms with Gasteiger partial charge in [0.15, 0.2) is 0 Å². The van der Waals surface area contributed by atoms with Crippen molar-refractivity contribution < 1.29 is 19.1 Å². The Morgan fingerprint density at radius 3 is 3.00 bits per heavy atom. The summed E-state index contributed by atoms with van der Waals surface area (Å²) in [7, 11) is 0. The summed E-state index contributed by atoms with van der Waals surface area (Å²) in [5.74, 6) is -1.81. The van der Waals surface area contributed by atoms with Crippen molar-refractivity contribution in [2.75, 3.05) is 23.3 Å². The number of amides is 1. The molecule has 0 atom stereocenters. The molecule has 17 heavy (non-hydrogen) atoms. The third kappa shape index (κ3) is 2.35. The van der Waals surface area contributed by atoms with Crippen LogP contribution in [-0.4, -0.2) is 30.1 Å². The van der Waals surface area contributed by atoms with Crippen molar-refractivity contribution in [3.8, 4) is 0 Å². The van der Waals surface area contributed by atoms with Gasteiger partial charge in [0.1, 0.15) is 11.5 Å². The van der Waals surface area contributed by atoms with Crippen LogP contribution in [0, 0.1) is 5.82 Å². The minimum Gasteiger partial charge on any atom is -0.481 e. The number of aliphatic carboxylic acids is 1. The second-order valence-electron chi connectivity index (χ2n) is 3.75. The van der Waals surface area contributed by atoms with Crippen molar-refractivity contribution in [3.63, 3.8) is 0 Å². The predicted octanol–water partition coefficient (Wildman–Crippen LogP) is 1.06. The Morgan fingerprint density at radius 1 is 1.53 bits per heavy atom. The van der Waals surface area contributed by atoms with Gasteiger partial charge in [0.05, 0.1) is 18.7 Å². The number of hydrogen-bond acceptors (Lipinski definition) is 3. The normalized spacial score (nSPS) is 14.2. The van der Waals surface area contributed by atoms with Crippen LogP contribution in [-0.2, 0) is 9.59 Å². The molecule has 1 amide bonds. The summed E-state index contributed by atoms with van der Waals surface area (Å²) in [4.78, 5) is 23.4. The van der Waals surface area contributed by atoms with Crippen molar-refractivity contribution in [2.45, 2.75) is 6.42 Å². The summed E-state index contributed by atoms with van der Waals surface area (Å²) in [5.41, 5.74) is 0.639. The number of carboxylic acids is 1. The molecule has 0 saturated heterocycles. The second-order valence-corrected chi connectivity index (χ2v) is 3.75. The highest BCUT2D eigenvalue weighted by molar-refractivity contribution is 6.01. The maximum absolute atomic E-state index is 13.5. The Hall–Kier alpha value is -2.11. The first kappa shape index (κ1) is 11.4. The molecule has 0 radical (unpaired) electrons. The van der Waals surface area contributed by atoms with Crippen LogP contribution >= 0.6 is 0 Å². The average Bonchev–Trinajstić information content (AvgIpc) is 2.27. The number of rotatable bonds is 3. The van der Waals surface area contributed by atoms with E-state index in [4.69, 9.17) is 5.11 Å². The summed E-state index contributed by atoms with van der Waals surface area (Å²) in [6.07, 6.45) is -0.0940. The van der Waals surface area contributed by atoms with Crippen LogP contribution in [0.25, 0.3) is 0 Å². The quantitative estimate of drug-likeness (QED) is 0.826. The molecule has 1 aromatic rings. The van der Waals surface area contributed by atoms with Gasteiger partial charge in [-0.05, 0) is 12.1 Å². The number of carbonyl (C=O) groups is 2. The third-order valence-electron chi connectivity index (χ3n) is 2.53. The van der Waals surface area contributed by atoms with E-state index in [1.165, 1.54) is 12.1 Å². The average molecular weight is 238 g/mol. The number of halogens is 1. The van der Waals surface area contributed by atoms with E-state index in [9.17, 15) is 14.0 Å². The molecule has 1 aromatic carbocycles. The fraction of sp³-hybridized carbons (Fsp3) is 0.273. The zero-order valence-electron chi connectivity index (χ0n) is 8.94. The SMILES string of the molecule is O=C(O)CCN1CC(=O)Nc2c(F)cccc21. The summed E-state index contributed by atoms with van der Waals surface area (Å²) < 4.78 is 13.5. The van der Waals surface area contributed by atoms with Gasteiger partial charge in [0.25, 0.3) is 0 Å². The molecule has 0 saturated carbocycles. The first-order chi connectivity index (χ1) is 8.08. The number of hydrogen-bond donors (Lipinski definition) is 2. The largest absolute Gasteiger partial charge is 0.481 e. The fourth-order valence-electron chi connectivity index (χ4n) is 1.77. The molecule has 0 spiro atoms. The number of benzene rings is 1. The Morgan fingerprint density at radius 2 is 2.29 bits per heavy atom. The lowest BCUT2D eigenvalue weighted by molar-refractivity contribution is -0.136. The Balaban J connectivity index is 2.28. The number of nitrogens with one attached hydrogen (secondary N) is 1. The first-order valence-corrected chi connectivity index (χ1v) is 5.13. The van der Waals surface area contributed by atoms with Crippen LogP contribution in [0.1, 0.15) is 6.42 Å². The van der Waals surface area contributed by atoms with Crippen LogP contribution in [0.5, 0.6) is 0 Å². The third-order valence-corrected chi connectivity index (χ3v) is 2.53. The summed E-state index contributed by atoms with van der Waals surface area (Å²) in [6.45, 7) is 0.225. The van der Waals surface area contributed by atoms with E-state index in [0.717, 1.165) is 0 Å². The highest BCUT2D eigenvalue weighted by Gasteiger charge is 2.24. The molecule has 0 unspecified atom stereocenters. The minimum atomic E-state index is -0.950. The van der Waals surface area contributed by atoms with E-state index in [-0.39, 0.29) is 31.1 Å². The van der Waals surface area contributed by atoms with Crippen molar-refractivity contribution in [1.29, 1.82) is 0 Å². The van der Waals surface area contributed by atoms with Crippen molar-refractivity contribution in [2.24, 2.45) is 0 Å². The molecule has 0 fully saturated rings. The van der Waals surface area contributed by atoms with Gasteiger partial charge in [-0.15, -0.1) is 0 Å². The number of para-hydroxylation sites is 1. The Kier molecular flexibility index (Phi) is 2.95. The topological polar surface area (TPSA) is 69.6 Å². The highest BCUT2D eigenvalue weighted by Crippen LogP contribution is 2.31. The number of carboxylic acid groups (broad SMARTS) is 1. The lowest BCUT2D eigenvalue weighted by atomic mass is 10.1. The summed E-state index contributed by atoms with van der Waals surface area (Å²) in [6, 6.07) is 4.43. The maximum atomic E-state index is 13.5.